The first-order valence-electron chi connectivity index (χ1n) is 25.4. The minimum atomic E-state index is 0.576. The standard InChI is InChI=1S/C68H39N5S2/c1-39-61(72-57-30-14-6-22-44(57)48-34-36-50-46-24-8-16-32-59(46)74-67(50)65(48)72)63(70-53-26-10-2-18-40(53)41-19-3-11-27-54(41)70)52(38-69)64(71-55-28-12-4-20-42(55)43-21-5-13-29-56(43)71)62(39)73-58-31-15-7-23-45(58)49-35-37-51-47-25-9-17-33-60(47)75-68(51)66(49)73/h2-37H,1H3. The van der Waals surface area contributed by atoms with Crippen LogP contribution >= 0.6 is 22.7 Å². The van der Waals surface area contributed by atoms with Gasteiger partial charge >= 0.3 is 0 Å². The highest BCUT2D eigenvalue weighted by atomic mass is 32.1. The SMILES string of the molecule is Cc1c(-n2c3ccccc3c3ccc4c5ccccc5sc4c32)c(-n2c3ccccc3c3ccccc32)c(C#N)c(-n2c3ccccc3c3ccccc32)c1-n1c2ccccc2c2ccc3c4ccccc4sc3c21. The normalized spacial score (nSPS) is 12.3. The van der Waals surface area contributed by atoms with Gasteiger partial charge in [-0.1, -0.05) is 170 Å². The molecule has 0 saturated heterocycles. The average Bonchev–Trinajstić information content (AvgIpc) is 4.42. The molecule has 0 saturated carbocycles. The van der Waals surface area contributed by atoms with E-state index in [1.807, 2.05) is 22.7 Å². The van der Waals surface area contributed by atoms with E-state index in [9.17, 15) is 5.26 Å². The van der Waals surface area contributed by atoms with Gasteiger partial charge in [0, 0.05) is 79.6 Å². The van der Waals surface area contributed by atoms with E-state index >= 15 is 0 Å². The summed E-state index contributed by atoms with van der Waals surface area (Å²) >= 11 is 3.70. The average molecular weight is 990 g/mol. The van der Waals surface area contributed by atoms with Crippen molar-refractivity contribution >= 4 is 150 Å². The van der Waals surface area contributed by atoms with Crippen LogP contribution in [0.15, 0.2) is 218 Å². The third kappa shape index (κ3) is 5.29. The van der Waals surface area contributed by atoms with Crippen molar-refractivity contribution in [2.75, 3.05) is 0 Å². The van der Waals surface area contributed by atoms with E-state index in [1.54, 1.807) is 0 Å². The fraction of sp³-hybridized carbons (Fsp3) is 0.0147. The largest absolute Gasteiger partial charge is 0.306 e. The summed E-state index contributed by atoms with van der Waals surface area (Å²) in [6.07, 6.45) is 0. The summed E-state index contributed by atoms with van der Waals surface area (Å²) in [4.78, 5) is 0. The molecule has 17 rings (SSSR count). The number of hydrogen-bond donors (Lipinski definition) is 0. The van der Waals surface area contributed by atoms with Gasteiger partial charge in [0.25, 0.3) is 0 Å². The Bertz CT molecular complexity index is 4980. The predicted molar refractivity (Wildman–Crippen MR) is 319 cm³/mol. The van der Waals surface area contributed by atoms with Crippen LogP contribution < -0.4 is 0 Å². The van der Waals surface area contributed by atoms with Crippen molar-refractivity contribution in [3.63, 3.8) is 0 Å². The van der Waals surface area contributed by atoms with Crippen molar-refractivity contribution in [2.45, 2.75) is 6.92 Å². The third-order valence-corrected chi connectivity index (χ3v) is 18.5. The number of para-hydroxylation sites is 6. The molecule has 0 radical (unpaired) electrons. The Labute approximate surface area is 436 Å². The van der Waals surface area contributed by atoms with Gasteiger partial charge in [-0.25, -0.2) is 0 Å². The highest BCUT2D eigenvalue weighted by Crippen LogP contribution is 2.52. The van der Waals surface area contributed by atoms with Crippen LogP contribution in [0.1, 0.15) is 11.1 Å². The van der Waals surface area contributed by atoms with Crippen LogP contribution in [-0.2, 0) is 0 Å². The zero-order chi connectivity index (χ0) is 49.2. The lowest BCUT2D eigenvalue weighted by molar-refractivity contribution is 1.01. The molecule has 0 amide bonds. The molecule has 0 aliphatic rings. The second kappa shape index (κ2) is 15.1. The van der Waals surface area contributed by atoms with Gasteiger partial charge in [0.15, 0.2) is 0 Å². The minimum Gasteiger partial charge on any atom is -0.306 e. The van der Waals surface area contributed by atoms with E-state index in [0.717, 1.165) is 105 Å². The van der Waals surface area contributed by atoms with Crippen LogP contribution in [0, 0.1) is 18.3 Å². The molecule has 17 aromatic rings. The number of benzene rings is 11. The number of hydrogen-bond acceptors (Lipinski definition) is 3. The summed E-state index contributed by atoms with van der Waals surface area (Å²) < 4.78 is 14.8. The van der Waals surface area contributed by atoms with Crippen LogP contribution in [0.25, 0.3) is 150 Å². The van der Waals surface area contributed by atoms with Gasteiger partial charge in [-0.05, 0) is 55.5 Å². The summed E-state index contributed by atoms with van der Waals surface area (Å²) in [5, 5.41) is 26.9. The molecule has 0 atom stereocenters. The van der Waals surface area contributed by atoms with Gasteiger partial charge in [-0.2, -0.15) is 5.26 Å². The molecule has 0 aliphatic carbocycles. The first-order valence-corrected chi connectivity index (χ1v) is 27.0. The number of nitriles is 1. The molecule has 0 fully saturated rings. The number of aromatic nitrogens is 4. The Balaban J connectivity index is 1.20. The maximum atomic E-state index is 12.8. The molecule has 0 unspecified atom stereocenters. The van der Waals surface area contributed by atoms with E-state index in [4.69, 9.17) is 0 Å². The van der Waals surface area contributed by atoms with Crippen LogP contribution in [-0.4, -0.2) is 18.3 Å². The molecule has 5 nitrogen and oxygen atoms in total. The maximum absolute atomic E-state index is 12.8. The van der Waals surface area contributed by atoms with Crippen molar-refractivity contribution in [1.29, 1.82) is 5.26 Å². The highest BCUT2D eigenvalue weighted by molar-refractivity contribution is 7.27. The zero-order valence-corrected chi connectivity index (χ0v) is 42.0. The topological polar surface area (TPSA) is 43.5 Å². The van der Waals surface area contributed by atoms with E-state index in [2.05, 4.69) is 250 Å². The lowest BCUT2D eigenvalue weighted by Crippen LogP contribution is -2.16. The fourth-order valence-corrected chi connectivity index (χ4v) is 15.6. The van der Waals surface area contributed by atoms with Crippen LogP contribution in [0.4, 0.5) is 0 Å². The molecular formula is C68H39N5S2. The summed E-state index contributed by atoms with van der Waals surface area (Å²) in [7, 11) is 0. The first kappa shape index (κ1) is 41.1. The fourth-order valence-electron chi connectivity index (χ4n) is 13.2. The van der Waals surface area contributed by atoms with Gasteiger partial charge in [-0.15, -0.1) is 22.7 Å². The Kier molecular flexibility index (Phi) is 8.25. The molecule has 7 heteroatoms. The Hall–Kier alpha value is -9.45. The smallest absolute Gasteiger partial charge is 0.104 e. The van der Waals surface area contributed by atoms with Gasteiger partial charge in [0.1, 0.15) is 11.6 Å². The van der Waals surface area contributed by atoms with Crippen LogP contribution in [0.5, 0.6) is 0 Å². The van der Waals surface area contributed by atoms with Crippen molar-refractivity contribution in [3.05, 3.63) is 230 Å². The lowest BCUT2D eigenvalue weighted by Gasteiger charge is -2.28. The Morgan fingerprint density at radius 2 is 0.573 bits per heavy atom. The highest BCUT2D eigenvalue weighted by Gasteiger charge is 2.34. The lowest BCUT2D eigenvalue weighted by atomic mass is 9.99. The van der Waals surface area contributed by atoms with Crippen molar-refractivity contribution in [3.8, 4) is 28.8 Å². The molecule has 0 aliphatic heterocycles. The third-order valence-electron chi connectivity index (χ3n) is 16.2. The zero-order valence-electron chi connectivity index (χ0n) is 40.3. The van der Waals surface area contributed by atoms with Crippen molar-refractivity contribution < 1.29 is 0 Å². The molecule has 0 bridgehead atoms. The molecule has 6 heterocycles. The molecule has 6 aromatic heterocycles. The second-order valence-electron chi connectivity index (χ2n) is 19.8. The van der Waals surface area contributed by atoms with E-state index in [-0.39, 0.29) is 0 Å². The first-order chi connectivity index (χ1) is 37.2. The minimum absolute atomic E-state index is 0.576. The molecule has 0 N–H and O–H groups in total. The van der Waals surface area contributed by atoms with Crippen LogP contribution in [0.3, 0.4) is 0 Å². The number of rotatable bonds is 4. The van der Waals surface area contributed by atoms with Gasteiger partial charge in [0.05, 0.1) is 76.3 Å². The van der Waals surface area contributed by atoms with E-state index in [0.29, 0.717) is 5.56 Å². The summed E-state index contributed by atoms with van der Waals surface area (Å²) in [6.45, 7) is 2.33. The van der Waals surface area contributed by atoms with Crippen molar-refractivity contribution in [2.24, 2.45) is 0 Å². The maximum Gasteiger partial charge on any atom is 0.104 e. The summed E-state index contributed by atoms with van der Waals surface area (Å²) in [5.41, 5.74) is 13.8. The van der Waals surface area contributed by atoms with Gasteiger partial charge in [0.2, 0.25) is 0 Å². The van der Waals surface area contributed by atoms with Crippen LogP contribution in [0.2, 0.25) is 0 Å². The quantitative estimate of drug-likeness (QED) is 0.173. The van der Waals surface area contributed by atoms with Gasteiger partial charge < -0.3 is 18.3 Å². The predicted octanol–water partition coefficient (Wildman–Crippen LogP) is 19.0. The second-order valence-corrected chi connectivity index (χ2v) is 21.9. The molecule has 0 spiro atoms. The summed E-state index contributed by atoms with van der Waals surface area (Å²) in [5.74, 6) is 0. The molecule has 75 heavy (non-hydrogen) atoms. The number of thiophene rings is 2. The number of fused-ring (bicyclic) bond motifs is 20. The van der Waals surface area contributed by atoms with Gasteiger partial charge in [-0.3, -0.25) is 0 Å². The monoisotopic (exact) mass is 989 g/mol. The van der Waals surface area contributed by atoms with E-state index < -0.39 is 0 Å². The molecular weight excluding hydrogens is 951 g/mol. The Morgan fingerprint density at radius 3 is 0.920 bits per heavy atom. The molecule has 11 aromatic carbocycles. The number of nitrogens with zero attached hydrogens (tertiary/aromatic N) is 5. The van der Waals surface area contributed by atoms with Crippen molar-refractivity contribution in [1.82, 2.24) is 18.3 Å². The molecule has 348 valence electrons. The Morgan fingerprint density at radius 1 is 0.293 bits per heavy atom. The van der Waals surface area contributed by atoms with E-state index in [1.165, 1.54) is 51.1 Å². The summed E-state index contributed by atoms with van der Waals surface area (Å²) in [6, 6.07) is 82.6.